The van der Waals surface area contributed by atoms with Gasteiger partial charge in [-0.3, -0.25) is 5.41 Å². The molecular formula is C10H21N3O4S2. The van der Waals surface area contributed by atoms with Crippen LogP contribution in [0.3, 0.4) is 0 Å². The third kappa shape index (κ3) is 5.45. The Bertz CT molecular complexity index is 521. The molecule has 0 heterocycles. The Morgan fingerprint density at radius 3 is 2.16 bits per heavy atom. The number of nitrogens with zero attached hydrogens (tertiary/aromatic N) is 1. The lowest BCUT2D eigenvalue weighted by atomic mass is 10.2. The molecule has 19 heavy (non-hydrogen) atoms. The Morgan fingerprint density at radius 2 is 1.74 bits per heavy atom. The average molecular weight is 311 g/mol. The van der Waals surface area contributed by atoms with Crippen molar-refractivity contribution >= 4 is 25.7 Å². The van der Waals surface area contributed by atoms with E-state index in [4.69, 9.17) is 11.1 Å². The molecule has 1 saturated carbocycles. The zero-order chi connectivity index (χ0) is 14.7. The van der Waals surface area contributed by atoms with Crippen molar-refractivity contribution in [1.29, 1.82) is 5.41 Å². The molecule has 0 spiro atoms. The van der Waals surface area contributed by atoms with Gasteiger partial charge in [0.25, 0.3) is 0 Å². The Hall–Kier alpha value is -0.670. The zero-order valence-corrected chi connectivity index (χ0v) is 12.6. The summed E-state index contributed by atoms with van der Waals surface area (Å²) in [6.45, 7) is -0.156. The van der Waals surface area contributed by atoms with Crippen molar-refractivity contribution < 1.29 is 16.8 Å². The van der Waals surface area contributed by atoms with Crippen LogP contribution in [0.4, 0.5) is 0 Å². The molecule has 0 aromatic heterocycles. The first-order valence-electron chi connectivity index (χ1n) is 6.12. The van der Waals surface area contributed by atoms with Gasteiger partial charge in [-0.2, -0.15) is 4.31 Å². The average Bonchev–Trinajstić information content (AvgIpc) is 2.75. The van der Waals surface area contributed by atoms with Gasteiger partial charge in [-0.25, -0.2) is 16.8 Å². The Kier molecular flexibility index (Phi) is 5.34. The summed E-state index contributed by atoms with van der Waals surface area (Å²) < 4.78 is 47.8. The van der Waals surface area contributed by atoms with Gasteiger partial charge in [0, 0.05) is 12.3 Å². The third-order valence-electron chi connectivity index (χ3n) is 3.13. The molecule has 7 nitrogen and oxygen atoms in total. The second kappa shape index (κ2) is 6.19. The number of amidine groups is 1. The Labute approximate surface area is 114 Å². The molecule has 3 N–H and O–H groups in total. The lowest BCUT2D eigenvalue weighted by Gasteiger charge is -2.27. The number of nitrogens with one attached hydrogen (secondary N) is 1. The van der Waals surface area contributed by atoms with Gasteiger partial charge in [0.1, 0.15) is 15.7 Å². The van der Waals surface area contributed by atoms with Crippen LogP contribution in [-0.2, 0) is 19.9 Å². The fourth-order valence-corrected chi connectivity index (χ4v) is 5.48. The lowest BCUT2D eigenvalue weighted by molar-refractivity contribution is 0.354. The van der Waals surface area contributed by atoms with Crippen molar-refractivity contribution in [3.05, 3.63) is 0 Å². The fourth-order valence-electron chi connectivity index (χ4n) is 2.19. The summed E-state index contributed by atoms with van der Waals surface area (Å²) in [5.74, 6) is -1.08. The first kappa shape index (κ1) is 16.4. The van der Waals surface area contributed by atoms with Gasteiger partial charge in [-0.05, 0) is 12.8 Å². The molecule has 1 fully saturated rings. The second-order valence-electron chi connectivity index (χ2n) is 4.95. The Balaban J connectivity index is 2.85. The van der Waals surface area contributed by atoms with E-state index in [1.165, 1.54) is 4.31 Å². The fraction of sp³-hybridized carbons (Fsp3) is 0.900. The summed E-state index contributed by atoms with van der Waals surface area (Å²) in [5.41, 5.74) is 5.30. The smallest absolute Gasteiger partial charge is 0.215 e. The van der Waals surface area contributed by atoms with Crippen molar-refractivity contribution in [2.75, 3.05) is 24.3 Å². The van der Waals surface area contributed by atoms with Gasteiger partial charge >= 0.3 is 0 Å². The molecule has 0 atom stereocenters. The van der Waals surface area contributed by atoms with Crippen LogP contribution in [0.1, 0.15) is 25.7 Å². The molecule has 1 aliphatic carbocycles. The van der Waals surface area contributed by atoms with E-state index in [2.05, 4.69) is 0 Å². The van der Waals surface area contributed by atoms with Crippen LogP contribution in [0.25, 0.3) is 0 Å². The van der Waals surface area contributed by atoms with Crippen LogP contribution < -0.4 is 5.73 Å². The molecule has 112 valence electrons. The van der Waals surface area contributed by atoms with Crippen LogP contribution in [-0.4, -0.2) is 57.3 Å². The van der Waals surface area contributed by atoms with Gasteiger partial charge < -0.3 is 5.73 Å². The predicted octanol–water partition coefficient (Wildman–Crippen LogP) is -0.459. The topological polar surface area (TPSA) is 121 Å². The molecule has 0 unspecified atom stereocenters. The maximum Gasteiger partial charge on any atom is 0.215 e. The molecule has 1 rings (SSSR count). The lowest BCUT2D eigenvalue weighted by Crippen LogP contribution is -2.45. The highest BCUT2D eigenvalue weighted by molar-refractivity contribution is 7.93. The van der Waals surface area contributed by atoms with E-state index in [0.29, 0.717) is 0 Å². The Morgan fingerprint density at radius 1 is 1.21 bits per heavy atom. The van der Waals surface area contributed by atoms with Crippen LogP contribution in [0.2, 0.25) is 0 Å². The van der Waals surface area contributed by atoms with Crippen molar-refractivity contribution in [3.8, 4) is 0 Å². The summed E-state index contributed by atoms with van der Waals surface area (Å²) in [7, 11) is -7.03. The van der Waals surface area contributed by atoms with Crippen LogP contribution in [0.5, 0.6) is 0 Å². The molecule has 0 aromatic rings. The van der Waals surface area contributed by atoms with E-state index >= 15 is 0 Å². The normalized spacial score (nSPS) is 18.0. The van der Waals surface area contributed by atoms with Crippen molar-refractivity contribution in [3.63, 3.8) is 0 Å². The molecule has 0 saturated heterocycles. The van der Waals surface area contributed by atoms with Crippen LogP contribution >= 0.6 is 0 Å². The molecule has 1 aliphatic rings. The van der Waals surface area contributed by atoms with Gasteiger partial charge in [-0.15, -0.1) is 0 Å². The molecule has 0 amide bonds. The number of sulfonamides is 1. The van der Waals surface area contributed by atoms with Crippen LogP contribution in [0, 0.1) is 5.41 Å². The highest BCUT2D eigenvalue weighted by Gasteiger charge is 2.32. The maximum atomic E-state index is 12.2. The first-order chi connectivity index (χ1) is 8.62. The molecular weight excluding hydrogens is 290 g/mol. The number of rotatable bonds is 7. The van der Waals surface area contributed by atoms with E-state index in [1.807, 2.05) is 0 Å². The van der Waals surface area contributed by atoms with E-state index in [-0.39, 0.29) is 18.4 Å². The van der Waals surface area contributed by atoms with Crippen LogP contribution in [0.15, 0.2) is 0 Å². The highest BCUT2D eigenvalue weighted by Crippen LogP contribution is 2.25. The van der Waals surface area contributed by atoms with Gasteiger partial charge in [0.05, 0.1) is 18.1 Å². The SMILES string of the molecule is CS(=O)(=O)CCS(=O)(=O)N(CC(=N)N)C1CCCC1. The van der Waals surface area contributed by atoms with E-state index < -0.39 is 31.4 Å². The second-order valence-corrected chi connectivity index (χ2v) is 9.26. The molecule has 0 aromatic carbocycles. The van der Waals surface area contributed by atoms with E-state index in [1.54, 1.807) is 0 Å². The van der Waals surface area contributed by atoms with Gasteiger partial charge in [0.15, 0.2) is 0 Å². The summed E-state index contributed by atoms with van der Waals surface area (Å²) >= 11 is 0. The molecule has 9 heteroatoms. The van der Waals surface area contributed by atoms with E-state index in [9.17, 15) is 16.8 Å². The summed E-state index contributed by atoms with van der Waals surface area (Å²) in [5, 5.41) is 7.28. The molecule has 0 radical (unpaired) electrons. The summed E-state index contributed by atoms with van der Waals surface area (Å²) in [6, 6.07) is -0.159. The summed E-state index contributed by atoms with van der Waals surface area (Å²) in [6.07, 6.45) is 4.38. The minimum atomic E-state index is -3.70. The largest absolute Gasteiger partial charge is 0.387 e. The first-order valence-corrected chi connectivity index (χ1v) is 9.79. The summed E-state index contributed by atoms with van der Waals surface area (Å²) in [4.78, 5) is 0. The standard InChI is InChI=1S/C10H21N3O4S2/c1-18(14,15)6-7-19(16,17)13(8-10(11)12)9-4-2-3-5-9/h9H,2-8H2,1H3,(H3,11,12). The minimum absolute atomic E-state index is 0.156. The van der Waals surface area contributed by atoms with Crippen molar-refractivity contribution in [2.45, 2.75) is 31.7 Å². The van der Waals surface area contributed by atoms with Crippen molar-refractivity contribution in [1.82, 2.24) is 4.31 Å². The number of nitrogens with two attached hydrogens (primary N) is 1. The van der Waals surface area contributed by atoms with Crippen molar-refractivity contribution in [2.24, 2.45) is 5.73 Å². The van der Waals surface area contributed by atoms with Gasteiger partial charge in [-0.1, -0.05) is 12.8 Å². The number of hydrogen-bond donors (Lipinski definition) is 2. The maximum absolute atomic E-state index is 12.2. The highest BCUT2D eigenvalue weighted by atomic mass is 32.2. The number of sulfone groups is 1. The zero-order valence-electron chi connectivity index (χ0n) is 11.0. The van der Waals surface area contributed by atoms with E-state index in [0.717, 1.165) is 31.9 Å². The quantitative estimate of drug-likeness (QED) is 0.487. The molecule has 0 aliphatic heterocycles. The minimum Gasteiger partial charge on any atom is -0.387 e. The monoisotopic (exact) mass is 311 g/mol. The van der Waals surface area contributed by atoms with Gasteiger partial charge in [0.2, 0.25) is 10.0 Å². The predicted molar refractivity (Wildman–Crippen MR) is 74.4 cm³/mol. The molecule has 0 bridgehead atoms. The number of hydrogen-bond acceptors (Lipinski definition) is 5. The third-order valence-corrected chi connectivity index (χ3v) is 6.19.